The van der Waals surface area contributed by atoms with Crippen molar-refractivity contribution in [3.05, 3.63) is 53.7 Å². The molecule has 2 heterocycles. The summed E-state index contributed by atoms with van der Waals surface area (Å²) >= 11 is 5.87. The average molecular weight is 565 g/mol. The van der Waals surface area contributed by atoms with Crippen LogP contribution in [-0.2, 0) is 10.0 Å². The standard InChI is InChI=1S/C19H25ClN6O2S.HI/c1-21-19(26-13-11-25(12-14-26)18-7-2-3-8-22-18)23-9-10-24-29(27,28)17-6-4-5-16(20)15-17;/h2-8,15,24H,9-14H2,1H3,(H,21,23);1H. The molecular weight excluding hydrogens is 539 g/mol. The molecule has 1 fully saturated rings. The third kappa shape index (κ3) is 6.69. The Morgan fingerprint density at radius 3 is 2.53 bits per heavy atom. The van der Waals surface area contributed by atoms with Gasteiger partial charge < -0.3 is 15.1 Å². The van der Waals surface area contributed by atoms with Crippen LogP contribution in [0.15, 0.2) is 58.5 Å². The highest BCUT2D eigenvalue weighted by Gasteiger charge is 2.20. The molecule has 0 radical (unpaired) electrons. The highest BCUT2D eigenvalue weighted by Crippen LogP contribution is 2.15. The number of halogens is 2. The van der Waals surface area contributed by atoms with Crippen LogP contribution in [0.3, 0.4) is 0 Å². The lowest BCUT2D eigenvalue weighted by Gasteiger charge is -2.37. The van der Waals surface area contributed by atoms with Crippen LogP contribution < -0.4 is 14.9 Å². The first-order chi connectivity index (χ1) is 14.0. The molecule has 8 nitrogen and oxygen atoms in total. The van der Waals surface area contributed by atoms with Gasteiger partial charge in [-0.15, -0.1) is 24.0 Å². The number of sulfonamides is 1. The van der Waals surface area contributed by atoms with E-state index in [1.165, 1.54) is 12.1 Å². The Balaban J connectivity index is 0.00000320. The van der Waals surface area contributed by atoms with E-state index in [1.807, 2.05) is 18.2 Å². The van der Waals surface area contributed by atoms with Crippen molar-refractivity contribution >= 4 is 57.4 Å². The van der Waals surface area contributed by atoms with Crippen LogP contribution in [-0.4, -0.2) is 70.6 Å². The molecule has 3 rings (SSSR count). The first kappa shape index (κ1) is 24.6. The van der Waals surface area contributed by atoms with E-state index in [0.29, 0.717) is 11.6 Å². The minimum Gasteiger partial charge on any atom is -0.355 e. The molecule has 1 aromatic carbocycles. The maximum absolute atomic E-state index is 12.3. The number of aliphatic imine (C=N–C) groups is 1. The molecule has 0 atom stereocenters. The van der Waals surface area contributed by atoms with Crippen molar-refractivity contribution in [1.29, 1.82) is 0 Å². The molecule has 0 aliphatic carbocycles. The Morgan fingerprint density at radius 2 is 1.90 bits per heavy atom. The largest absolute Gasteiger partial charge is 0.355 e. The third-order valence-electron chi connectivity index (χ3n) is 4.57. The summed E-state index contributed by atoms with van der Waals surface area (Å²) in [6, 6.07) is 12.1. The van der Waals surface area contributed by atoms with Gasteiger partial charge in [0.2, 0.25) is 10.0 Å². The number of hydrogen-bond donors (Lipinski definition) is 2. The summed E-state index contributed by atoms with van der Waals surface area (Å²) in [6.07, 6.45) is 1.80. The molecule has 1 saturated heterocycles. The Morgan fingerprint density at radius 1 is 1.13 bits per heavy atom. The zero-order valence-corrected chi connectivity index (χ0v) is 20.6. The van der Waals surface area contributed by atoms with Crippen LogP contribution in [0, 0.1) is 0 Å². The van der Waals surface area contributed by atoms with Crippen LogP contribution in [0.5, 0.6) is 0 Å². The summed E-state index contributed by atoms with van der Waals surface area (Å²) in [5.41, 5.74) is 0. The predicted molar refractivity (Wildman–Crippen MR) is 131 cm³/mol. The van der Waals surface area contributed by atoms with Gasteiger partial charge in [-0.25, -0.2) is 18.1 Å². The van der Waals surface area contributed by atoms with Gasteiger partial charge in [0.25, 0.3) is 0 Å². The number of anilines is 1. The number of hydrogen-bond acceptors (Lipinski definition) is 5. The van der Waals surface area contributed by atoms with E-state index in [0.717, 1.165) is 38.0 Å². The average Bonchev–Trinajstić information content (AvgIpc) is 2.75. The lowest BCUT2D eigenvalue weighted by Crippen LogP contribution is -2.53. The van der Waals surface area contributed by atoms with Gasteiger partial charge in [0.05, 0.1) is 4.90 Å². The van der Waals surface area contributed by atoms with Gasteiger partial charge in [0, 0.05) is 57.5 Å². The molecule has 1 aromatic heterocycles. The van der Waals surface area contributed by atoms with E-state index in [4.69, 9.17) is 11.6 Å². The van der Waals surface area contributed by atoms with Crippen molar-refractivity contribution in [1.82, 2.24) is 19.9 Å². The molecule has 2 N–H and O–H groups in total. The van der Waals surface area contributed by atoms with E-state index in [-0.39, 0.29) is 35.4 Å². The Bertz CT molecular complexity index is 937. The topological polar surface area (TPSA) is 89.9 Å². The molecule has 11 heteroatoms. The fraction of sp³-hybridized carbons (Fsp3) is 0.368. The first-order valence-corrected chi connectivity index (χ1v) is 11.2. The molecule has 164 valence electrons. The predicted octanol–water partition coefficient (Wildman–Crippen LogP) is 2.03. The van der Waals surface area contributed by atoms with Gasteiger partial charge >= 0.3 is 0 Å². The number of rotatable bonds is 6. The van der Waals surface area contributed by atoms with Crippen molar-refractivity contribution < 1.29 is 8.42 Å². The Hall–Kier alpha value is -1.63. The van der Waals surface area contributed by atoms with E-state index < -0.39 is 10.0 Å². The summed E-state index contributed by atoms with van der Waals surface area (Å²) in [7, 11) is -1.87. The van der Waals surface area contributed by atoms with E-state index in [9.17, 15) is 8.42 Å². The molecule has 1 aliphatic heterocycles. The summed E-state index contributed by atoms with van der Waals surface area (Å²) < 4.78 is 27.2. The summed E-state index contributed by atoms with van der Waals surface area (Å²) in [6.45, 7) is 3.97. The van der Waals surface area contributed by atoms with E-state index in [1.54, 1.807) is 25.4 Å². The normalized spacial score (nSPS) is 14.9. The summed E-state index contributed by atoms with van der Waals surface area (Å²) in [4.78, 5) is 13.3. The lowest BCUT2D eigenvalue weighted by molar-refractivity contribution is 0.372. The van der Waals surface area contributed by atoms with Gasteiger partial charge in [-0.3, -0.25) is 4.99 Å². The molecule has 30 heavy (non-hydrogen) atoms. The van der Waals surface area contributed by atoms with Crippen LogP contribution in [0.1, 0.15) is 0 Å². The molecule has 0 amide bonds. The van der Waals surface area contributed by atoms with E-state index >= 15 is 0 Å². The van der Waals surface area contributed by atoms with Gasteiger partial charge in [-0.2, -0.15) is 0 Å². The van der Waals surface area contributed by atoms with Crippen LogP contribution >= 0.6 is 35.6 Å². The van der Waals surface area contributed by atoms with Gasteiger partial charge in [-0.1, -0.05) is 23.7 Å². The maximum atomic E-state index is 12.3. The molecule has 0 spiro atoms. The number of nitrogens with zero attached hydrogens (tertiary/aromatic N) is 4. The number of guanidine groups is 1. The number of benzene rings is 1. The van der Waals surface area contributed by atoms with Crippen LogP contribution in [0.4, 0.5) is 5.82 Å². The minimum absolute atomic E-state index is 0. The molecule has 0 saturated carbocycles. The Labute approximate surface area is 199 Å². The summed E-state index contributed by atoms with van der Waals surface area (Å²) in [5.74, 6) is 1.73. The third-order valence-corrected chi connectivity index (χ3v) is 6.26. The minimum atomic E-state index is -3.59. The van der Waals surface area contributed by atoms with Crippen molar-refractivity contribution in [3.63, 3.8) is 0 Å². The summed E-state index contributed by atoms with van der Waals surface area (Å²) in [5, 5.41) is 3.60. The number of piperazine rings is 1. The smallest absolute Gasteiger partial charge is 0.240 e. The zero-order valence-electron chi connectivity index (χ0n) is 16.7. The van der Waals surface area contributed by atoms with Crippen LogP contribution in [0.25, 0.3) is 0 Å². The zero-order chi connectivity index (χ0) is 20.7. The molecule has 1 aliphatic rings. The monoisotopic (exact) mass is 564 g/mol. The second kappa shape index (κ2) is 11.7. The quantitative estimate of drug-likeness (QED) is 0.242. The van der Waals surface area contributed by atoms with Crippen molar-refractivity contribution in [2.45, 2.75) is 4.90 Å². The van der Waals surface area contributed by atoms with Crippen LogP contribution in [0.2, 0.25) is 5.02 Å². The highest BCUT2D eigenvalue weighted by molar-refractivity contribution is 14.0. The number of pyridine rings is 1. The fourth-order valence-electron chi connectivity index (χ4n) is 3.10. The molecule has 0 unspecified atom stereocenters. The molecular formula is C19H26ClIN6O2S. The molecule has 2 aromatic rings. The fourth-order valence-corrected chi connectivity index (χ4v) is 4.43. The van der Waals surface area contributed by atoms with E-state index in [2.05, 4.69) is 29.8 Å². The SMILES string of the molecule is CN=C(NCCNS(=O)(=O)c1cccc(Cl)c1)N1CCN(c2ccccn2)CC1.I. The second-order valence-corrected chi connectivity index (χ2v) is 8.69. The van der Waals surface area contributed by atoms with Gasteiger partial charge in [-0.05, 0) is 30.3 Å². The van der Waals surface area contributed by atoms with Gasteiger partial charge in [0.1, 0.15) is 5.82 Å². The Kier molecular flexibility index (Phi) is 9.59. The first-order valence-electron chi connectivity index (χ1n) is 9.36. The van der Waals surface area contributed by atoms with Crippen molar-refractivity contribution in [3.8, 4) is 0 Å². The highest BCUT2D eigenvalue weighted by atomic mass is 127. The van der Waals surface area contributed by atoms with Crippen molar-refractivity contribution in [2.75, 3.05) is 51.2 Å². The van der Waals surface area contributed by atoms with Crippen molar-refractivity contribution in [2.24, 2.45) is 4.99 Å². The molecule has 0 bridgehead atoms. The lowest BCUT2D eigenvalue weighted by atomic mass is 10.3. The number of nitrogens with one attached hydrogen (secondary N) is 2. The van der Waals surface area contributed by atoms with Gasteiger partial charge in [0.15, 0.2) is 5.96 Å². The number of aromatic nitrogens is 1. The second-order valence-electron chi connectivity index (χ2n) is 6.49. The maximum Gasteiger partial charge on any atom is 0.240 e.